The number of carbonyl (C=O) groups is 1. The van der Waals surface area contributed by atoms with Gasteiger partial charge in [0.1, 0.15) is 22.9 Å². The van der Waals surface area contributed by atoms with Gasteiger partial charge < -0.3 is 15.2 Å². The predicted octanol–water partition coefficient (Wildman–Crippen LogP) is 5.69. The molecule has 174 valence electrons. The number of alkyl halides is 3. The summed E-state index contributed by atoms with van der Waals surface area (Å²) in [7, 11) is 0. The van der Waals surface area contributed by atoms with Crippen LogP contribution in [0.1, 0.15) is 34.0 Å². The van der Waals surface area contributed by atoms with E-state index in [0.29, 0.717) is 11.1 Å². The fourth-order valence-electron chi connectivity index (χ4n) is 3.36. The van der Waals surface area contributed by atoms with Crippen molar-refractivity contribution in [2.24, 2.45) is 0 Å². The van der Waals surface area contributed by atoms with Crippen molar-refractivity contribution < 1.29 is 36.6 Å². The van der Waals surface area contributed by atoms with Crippen LogP contribution in [0.5, 0.6) is 5.75 Å². The first-order valence-corrected chi connectivity index (χ1v) is 9.92. The molecule has 3 rings (SSSR count). The number of aryl methyl sites for hydroxylation is 1. The highest BCUT2D eigenvalue weighted by Gasteiger charge is 2.31. The van der Waals surface area contributed by atoms with E-state index in [9.17, 15) is 31.9 Å². The molecule has 0 spiro atoms. The van der Waals surface area contributed by atoms with Gasteiger partial charge in [0, 0.05) is 6.54 Å². The van der Waals surface area contributed by atoms with Gasteiger partial charge in [0.25, 0.3) is 5.91 Å². The molecule has 0 aliphatic heterocycles. The summed E-state index contributed by atoms with van der Waals surface area (Å²) in [4.78, 5) is 12.0. The molecule has 0 radical (unpaired) electrons. The van der Waals surface area contributed by atoms with Gasteiger partial charge in [-0.1, -0.05) is 36.4 Å². The molecule has 3 aromatic carbocycles. The van der Waals surface area contributed by atoms with Crippen molar-refractivity contribution in [2.75, 3.05) is 6.54 Å². The highest BCUT2D eigenvalue weighted by molar-refractivity contribution is 5.94. The van der Waals surface area contributed by atoms with Crippen LogP contribution >= 0.6 is 0 Å². The maximum absolute atomic E-state index is 13.7. The number of halogens is 5. The Labute approximate surface area is 186 Å². The van der Waals surface area contributed by atoms with E-state index in [2.05, 4.69) is 10.1 Å². The van der Waals surface area contributed by atoms with E-state index in [4.69, 9.17) is 0 Å². The average molecular weight is 465 g/mol. The van der Waals surface area contributed by atoms with E-state index in [0.717, 1.165) is 29.3 Å². The molecule has 0 heterocycles. The topological polar surface area (TPSA) is 58.6 Å². The fourth-order valence-corrected chi connectivity index (χ4v) is 3.36. The molecule has 1 atom stereocenters. The summed E-state index contributed by atoms with van der Waals surface area (Å²) >= 11 is 0. The zero-order valence-corrected chi connectivity index (χ0v) is 17.4. The van der Waals surface area contributed by atoms with Crippen molar-refractivity contribution in [3.8, 4) is 16.9 Å². The number of benzene rings is 3. The van der Waals surface area contributed by atoms with Crippen LogP contribution in [0.4, 0.5) is 22.0 Å². The van der Waals surface area contributed by atoms with Gasteiger partial charge in [0.05, 0.1) is 6.10 Å². The standard InChI is InChI=1S/C24H20F5NO3/c1-14-13-16(15-5-8-17(9-6-15)33-24(27,28)29)7-10-18(14)21(31)11-12-30-23(32)22-19(25)3-2-4-20(22)26/h2-10,13,21,31H,11-12H2,1H3,(H,30,32). The summed E-state index contributed by atoms with van der Waals surface area (Å²) in [5.74, 6) is -3.19. The maximum atomic E-state index is 13.7. The molecule has 0 saturated heterocycles. The number of aliphatic hydroxyl groups excluding tert-OH is 1. The van der Waals surface area contributed by atoms with Gasteiger partial charge in [-0.3, -0.25) is 4.79 Å². The molecule has 0 aliphatic carbocycles. The van der Waals surface area contributed by atoms with Crippen molar-refractivity contribution in [3.63, 3.8) is 0 Å². The van der Waals surface area contributed by atoms with Crippen molar-refractivity contribution >= 4 is 5.91 Å². The van der Waals surface area contributed by atoms with Gasteiger partial charge in [-0.2, -0.15) is 0 Å². The van der Waals surface area contributed by atoms with Crippen molar-refractivity contribution in [1.82, 2.24) is 5.32 Å². The first-order chi connectivity index (χ1) is 15.5. The van der Waals surface area contributed by atoms with Gasteiger partial charge >= 0.3 is 6.36 Å². The number of hydrogen-bond donors (Lipinski definition) is 2. The number of rotatable bonds is 7. The molecule has 0 fully saturated rings. The van der Waals surface area contributed by atoms with Crippen LogP contribution in [0.25, 0.3) is 11.1 Å². The van der Waals surface area contributed by atoms with Crippen LogP contribution in [0.2, 0.25) is 0 Å². The fraction of sp³-hybridized carbons (Fsp3) is 0.208. The van der Waals surface area contributed by atoms with E-state index in [1.807, 2.05) is 0 Å². The maximum Gasteiger partial charge on any atom is 0.573 e. The lowest BCUT2D eigenvalue weighted by atomic mass is 9.96. The third kappa shape index (κ3) is 6.29. The predicted molar refractivity (Wildman–Crippen MR) is 112 cm³/mol. The van der Waals surface area contributed by atoms with Gasteiger partial charge in [-0.15, -0.1) is 13.2 Å². The smallest absolute Gasteiger partial charge is 0.406 e. The van der Waals surface area contributed by atoms with Crippen LogP contribution < -0.4 is 10.1 Å². The largest absolute Gasteiger partial charge is 0.573 e. The molecule has 1 unspecified atom stereocenters. The molecule has 33 heavy (non-hydrogen) atoms. The van der Waals surface area contributed by atoms with E-state index in [-0.39, 0.29) is 18.7 Å². The molecule has 0 aliphatic rings. The Morgan fingerprint density at radius 2 is 1.61 bits per heavy atom. The van der Waals surface area contributed by atoms with E-state index in [1.54, 1.807) is 25.1 Å². The first-order valence-electron chi connectivity index (χ1n) is 9.92. The Bertz CT molecular complexity index is 1110. The zero-order valence-electron chi connectivity index (χ0n) is 17.4. The Balaban J connectivity index is 1.62. The molecule has 3 aromatic rings. The molecule has 0 aromatic heterocycles. The SMILES string of the molecule is Cc1cc(-c2ccc(OC(F)(F)F)cc2)ccc1C(O)CCNC(=O)c1c(F)cccc1F. The lowest BCUT2D eigenvalue weighted by molar-refractivity contribution is -0.274. The third-order valence-electron chi connectivity index (χ3n) is 4.94. The van der Waals surface area contributed by atoms with Crippen molar-refractivity contribution in [3.05, 3.63) is 89.0 Å². The van der Waals surface area contributed by atoms with Crippen LogP contribution in [0, 0.1) is 18.6 Å². The highest BCUT2D eigenvalue weighted by atomic mass is 19.4. The van der Waals surface area contributed by atoms with Crippen LogP contribution in [0.15, 0.2) is 60.7 Å². The summed E-state index contributed by atoms with van der Waals surface area (Å²) in [6.07, 6.45) is -5.61. The molecular weight excluding hydrogens is 445 g/mol. The summed E-state index contributed by atoms with van der Waals surface area (Å²) < 4.78 is 68.1. The Hall–Kier alpha value is -3.46. The number of hydrogen-bond acceptors (Lipinski definition) is 3. The van der Waals surface area contributed by atoms with E-state index in [1.165, 1.54) is 24.3 Å². The second kappa shape index (κ2) is 9.99. The molecule has 2 N–H and O–H groups in total. The number of ether oxygens (including phenoxy) is 1. The number of aliphatic hydroxyl groups is 1. The Morgan fingerprint density at radius 1 is 1.00 bits per heavy atom. The molecule has 9 heteroatoms. The normalized spacial score (nSPS) is 12.3. The van der Waals surface area contributed by atoms with E-state index < -0.39 is 35.6 Å². The van der Waals surface area contributed by atoms with Crippen LogP contribution in [-0.4, -0.2) is 23.9 Å². The van der Waals surface area contributed by atoms with Crippen LogP contribution in [0.3, 0.4) is 0 Å². The molecule has 0 bridgehead atoms. The minimum absolute atomic E-state index is 0.0182. The van der Waals surface area contributed by atoms with Gasteiger partial charge in [0.15, 0.2) is 0 Å². The molecule has 0 saturated carbocycles. The summed E-state index contributed by atoms with van der Waals surface area (Å²) in [5, 5.41) is 12.9. The molecule has 1 amide bonds. The second-order valence-electron chi connectivity index (χ2n) is 7.30. The minimum atomic E-state index is -4.77. The molecule has 4 nitrogen and oxygen atoms in total. The summed E-state index contributed by atoms with van der Waals surface area (Å²) in [6.45, 7) is 1.74. The zero-order chi connectivity index (χ0) is 24.2. The third-order valence-corrected chi connectivity index (χ3v) is 4.94. The van der Waals surface area contributed by atoms with Crippen molar-refractivity contribution in [1.29, 1.82) is 0 Å². The second-order valence-corrected chi connectivity index (χ2v) is 7.30. The van der Waals surface area contributed by atoms with Gasteiger partial charge in [-0.05, 0) is 59.9 Å². The highest BCUT2D eigenvalue weighted by Crippen LogP contribution is 2.29. The Morgan fingerprint density at radius 3 is 2.18 bits per heavy atom. The minimum Gasteiger partial charge on any atom is -0.406 e. The number of nitrogens with one attached hydrogen (secondary N) is 1. The Kier molecular flexibility index (Phi) is 7.33. The van der Waals surface area contributed by atoms with Crippen LogP contribution in [-0.2, 0) is 0 Å². The number of amides is 1. The van der Waals surface area contributed by atoms with E-state index >= 15 is 0 Å². The quantitative estimate of drug-likeness (QED) is 0.441. The summed E-state index contributed by atoms with van der Waals surface area (Å²) in [5.41, 5.74) is 2.02. The average Bonchev–Trinajstić information content (AvgIpc) is 2.73. The number of carbonyl (C=O) groups excluding carboxylic acids is 1. The first kappa shape index (κ1) is 24.2. The molecular formula is C24H20F5NO3. The van der Waals surface area contributed by atoms with Gasteiger partial charge in [-0.25, -0.2) is 8.78 Å². The van der Waals surface area contributed by atoms with Crippen molar-refractivity contribution in [2.45, 2.75) is 25.8 Å². The lowest BCUT2D eigenvalue weighted by Crippen LogP contribution is -2.27. The summed E-state index contributed by atoms with van der Waals surface area (Å²) in [6, 6.07) is 13.7. The lowest BCUT2D eigenvalue weighted by Gasteiger charge is -2.16. The van der Waals surface area contributed by atoms with Gasteiger partial charge in [0.2, 0.25) is 0 Å². The monoisotopic (exact) mass is 465 g/mol.